The summed E-state index contributed by atoms with van der Waals surface area (Å²) >= 11 is 0. The Morgan fingerprint density at radius 3 is 2.26 bits per heavy atom. The van der Waals surface area contributed by atoms with Crippen LogP contribution in [0.4, 0.5) is 23.7 Å². The molecule has 0 bridgehead atoms. The van der Waals surface area contributed by atoms with Gasteiger partial charge in [0.1, 0.15) is 11.8 Å². The molecule has 0 aliphatic rings. The van der Waals surface area contributed by atoms with E-state index in [9.17, 15) is 22.8 Å². The van der Waals surface area contributed by atoms with Crippen molar-refractivity contribution in [1.82, 2.24) is 5.32 Å². The molecule has 6 nitrogen and oxygen atoms in total. The number of amides is 2. The highest BCUT2D eigenvalue weighted by Crippen LogP contribution is 2.23. The predicted octanol–water partition coefficient (Wildman–Crippen LogP) is 3.21. The van der Waals surface area contributed by atoms with Gasteiger partial charge in [0.25, 0.3) is 0 Å². The molecule has 9 heteroatoms. The van der Waals surface area contributed by atoms with Crippen LogP contribution in [0, 0.1) is 5.92 Å². The third-order valence-electron chi connectivity index (χ3n) is 3.11. The van der Waals surface area contributed by atoms with E-state index in [-0.39, 0.29) is 11.6 Å². The van der Waals surface area contributed by atoms with Crippen molar-refractivity contribution in [2.45, 2.75) is 32.7 Å². The fourth-order valence-corrected chi connectivity index (χ4v) is 1.73. The van der Waals surface area contributed by atoms with Gasteiger partial charge in [0, 0.05) is 5.69 Å². The molecule has 23 heavy (non-hydrogen) atoms. The summed E-state index contributed by atoms with van der Waals surface area (Å²) in [6.45, 7) is 3.47. The lowest BCUT2D eigenvalue weighted by atomic mass is 9.99. The zero-order chi connectivity index (χ0) is 17.6. The van der Waals surface area contributed by atoms with Crippen molar-refractivity contribution in [2.75, 3.05) is 5.32 Å². The van der Waals surface area contributed by atoms with Crippen molar-refractivity contribution in [3.63, 3.8) is 0 Å². The number of benzene rings is 1. The Morgan fingerprint density at radius 2 is 1.83 bits per heavy atom. The molecule has 0 aromatic heterocycles. The maximum Gasteiger partial charge on any atom is 0.573 e. The number of anilines is 1. The quantitative estimate of drug-likeness (QED) is 0.745. The normalized spacial score (nSPS) is 13.8. The Kier molecular flexibility index (Phi) is 6.23. The largest absolute Gasteiger partial charge is 0.573 e. The molecule has 0 aliphatic carbocycles. The van der Waals surface area contributed by atoms with Crippen molar-refractivity contribution in [3.8, 4) is 5.75 Å². The molecule has 0 saturated carbocycles. The summed E-state index contributed by atoms with van der Waals surface area (Å²) in [6.07, 6.45) is -4.24. The number of carboxylic acids is 1. The fourth-order valence-electron chi connectivity index (χ4n) is 1.73. The first-order chi connectivity index (χ1) is 10.6. The third kappa shape index (κ3) is 6.45. The maximum atomic E-state index is 12.0. The average molecular weight is 334 g/mol. The molecule has 0 heterocycles. The summed E-state index contributed by atoms with van der Waals surface area (Å²) in [4.78, 5) is 22.9. The monoisotopic (exact) mass is 334 g/mol. The molecule has 0 saturated heterocycles. The molecule has 2 amide bonds. The first-order valence-corrected chi connectivity index (χ1v) is 6.78. The summed E-state index contributed by atoms with van der Waals surface area (Å²) in [5, 5.41) is 13.7. The van der Waals surface area contributed by atoms with Gasteiger partial charge in [0.05, 0.1) is 0 Å². The zero-order valence-corrected chi connectivity index (χ0v) is 12.5. The van der Waals surface area contributed by atoms with E-state index in [1.807, 2.05) is 0 Å². The number of aliphatic carboxylic acids is 1. The Bertz CT molecular complexity index is 546. The van der Waals surface area contributed by atoms with Gasteiger partial charge < -0.3 is 20.5 Å². The van der Waals surface area contributed by atoms with Crippen LogP contribution in [0.25, 0.3) is 0 Å². The Hall–Kier alpha value is -2.45. The predicted molar refractivity (Wildman–Crippen MR) is 76.2 cm³/mol. The topological polar surface area (TPSA) is 87.7 Å². The lowest BCUT2D eigenvalue weighted by Gasteiger charge is -2.20. The number of alkyl halides is 3. The number of carbonyl (C=O) groups excluding carboxylic acids is 1. The minimum absolute atomic E-state index is 0.199. The molecule has 0 aliphatic heterocycles. The lowest BCUT2D eigenvalue weighted by Crippen LogP contribution is -2.46. The second-order valence-corrected chi connectivity index (χ2v) is 4.87. The van der Waals surface area contributed by atoms with Crippen LogP contribution in [0.1, 0.15) is 20.3 Å². The molecule has 0 fully saturated rings. The van der Waals surface area contributed by atoms with Gasteiger partial charge in [-0.3, -0.25) is 0 Å². The Labute approximate surface area is 130 Å². The van der Waals surface area contributed by atoms with Crippen LogP contribution in [0.15, 0.2) is 24.3 Å². The van der Waals surface area contributed by atoms with Crippen LogP contribution < -0.4 is 15.4 Å². The van der Waals surface area contributed by atoms with E-state index in [1.165, 1.54) is 12.1 Å². The molecule has 1 aromatic carbocycles. The summed E-state index contributed by atoms with van der Waals surface area (Å²) in [5.74, 6) is -1.87. The molecule has 1 rings (SSSR count). The van der Waals surface area contributed by atoms with E-state index in [2.05, 4.69) is 15.4 Å². The molecular formula is C14H17F3N2O4. The van der Waals surface area contributed by atoms with E-state index < -0.39 is 30.2 Å². The molecule has 0 spiro atoms. The first kappa shape index (κ1) is 18.6. The van der Waals surface area contributed by atoms with Gasteiger partial charge in [-0.15, -0.1) is 13.2 Å². The molecule has 1 unspecified atom stereocenters. The number of halogens is 3. The molecule has 128 valence electrons. The third-order valence-corrected chi connectivity index (χ3v) is 3.11. The minimum Gasteiger partial charge on any atom is -0.480 e. The van der Waals surface area contributed by atoms with Crippen molar-refractivity contribution >= 4 is 17.7 Å². The second kappa shape index (κ2) is 7.70. The van der Waals surface area contributed by atoms with Crippen LogP contribution >= 0.6 is 0 Å². The molecule has 2 atom stereocenters. The molecule has 1 aromatic rings. The number of urea groups is 1. The number of carbonyl (C=O) groups is 2. The van der Waals surface area contributed by atoms with Gasteiger partial charge in [0.2, 0.25) is 0 Å². The number of hydrogen-bond donors (Lipinski definition) is 3. The molecular weight excluding hydrogens is 317 g/mol. The van der Waals surface area contributed by atoms with E-state index in [0.29, 0.717) is 6.42 Å². The zero-order valence-electron chi connectivity index (χ0n) is 12.5. The van der Waals surface area contributed by atoms with Gasteiger partial charge in [-0.05, 0) is 30.2 Å². The van der Waals surface area contributed by atoms with E-state index in [1.54, 1.807) is 13.8 Å². The van der Waals surface area contributed by atoms with Crippen LogP contribution in [-0.2, 0) is 4.79 Å². The van der Waals surface area contributed by atoms with Gasteiger partial charge in [-0.2, -0.15) is 0 Å². The second-order valence-electron chi connectivity index (χ2n) is 4.87. The number of rotatable bonds is 6. The van der Waals surface area contributed by atoms with E-state index in [4.69, 9.17) is 5.11 Å². The van der Waals surface area contributed by atoms with Crippen LogP contribution in [0.5, 0.6) is 5.75 Å². The van der Waals surface area contributed by atoms with Crippen molar-refractivity contribution in [1.29, 1.82) is 0 Å². The SMILES string of the molecule is CCC(C)[C@H](NC(=O)Nc1ccc(OC(F)(F)F)cc1)C(=O)O. The fraction of sp³-hybridized carbons (Fsp3) is 0.429. The van der Waals surface area contributed by atoms with Crippen molar-refractivity contribution in [2.24, 2.45) is 5.92 Å². The van der Waals surface area contributed by atoms with Crippen molar-refractivity contribution < 1.29 is 32.6 Å². The molecule has 3 N–H and O–H groups in total. The van der Waals surface area contributed by atoms with Crippen LogP contribution in [0.3, 0.4) is 0 Å². The summed E-state index contributed by atoms with van der Waals surface area (Å²) in [5.41, 5.74) is 0.199. The van der Waals surface area contributed by atoms with Gasteiger partial charge in [-0.1, -0.05) is 20.3 Å². The van der Waals surface area contributed by atoms with Crippen LogP contribution in [-0.4, -0.2) is 29.5 Å². The number of nitrogens with one attached hydrogen (secondary N) is 2. The minimum atomic E-state index is -4.79. The lowest BCUT2D eigenvalue weighted by molar-refractivity contribution is -0.274. The summed E-state index contributed by atoms with van der Waals surface area (Å²) < 4.78 is 39.8. The number of ether oxygens (including phenoxy) is 1. The van der Waals surface area contributed by atoms with Crippen LogP contribution in [0.2, 0.25) is 0 Å². The Balaban J connectivity index is 2.65. The smallest absolute Gasteiger partial charge is 0.480 e. The highest BCUT2D eigenvalue weighted by molar-refractivity contribution is 5.92. The first-order valence-electron chi connectivity index (χ1n) is 6.78. The van der Waals surface area contributed by atoms with Gasteiger partial charge in [-0.25, -0.2) is 9.59 Å². The Morgan fingerprint density at radius 1 is 1.26 bits per heavy atom. The highest BCUT2D eigenvalue weighted by Gasteiger charge is 2.31. The van der Waals surface area contributed by atoms with Gasteiger partial charge in [0.15, 0.2) is 0 Å². The molecule has 0 radical (unpaired) electrons. The van der Waals surface area contributed by atoms with Gasteiger partial charge >= 0.3 is 18.4 Å². The van der Waals surface area contributed by atoms with E-state index >= 15 is 0 Å². The number of carboxylic acid groups (broad SMARTS) is 1. The average Bonchev–Trinajstić information content (AvgIpc) is 2.44. The highest BCUT2D eigenvalue weighted by atomic mass is 19.4. The summed E-state index contributed by atoms with van der Waals surface area (Å²) in [7, 11) is 0. The standard InChI is InChI=1S/C14H17F3N2O4/c1-3-8(2)11(12(20)21)19-13(22)18-9-4-6-10(7-5-9)23-14(15,16)17/h4-8,11H,3H2,1-2H3,(H,20,21)(H2,18,19,22)/t8?,11-/m0/s1. The number of hydrogen-bond acceptors (Lipinski definition) is 3. The maximum absolute atomic E-state index is 12.0. The van der Waals surface area contributed by atoms with Crippen molar-refractivity contribution in [3.05, 3.63) is 24.3 Å². The summed E-state index contributed by atoms with van der Waals surface area (Å²) in [6, 6.07) is 2.66. The van der Waals surface area contributed by atoms with E-state index in [0.717, 1.165) is 12.1 Å².